The van der Waals surface area contributed by atoms with Crippen LogP contribution in [-0.2, 0) is 10.3 Å². The van der Waals surface area contributed by atoms with Gasteiger partial charge in [-0.2, -0.15) is 0 Å². The van der Waals surface area contributed by atoms with E-state index in [9.17, 15) is 9.59 Å². The van der Waals surface area contributed by atoms with Crippen LogP contribution in [0.5, 0.6) is 17.2 Å². The lowest BCUT2D eigenvalue weighted by atomic mass is 9.91. The van der Waals surface area contributed by atoms with Crippen molar-refractivity contribution in [1.82, 2.24) is 10.2 Å². The first-order valence-electron chi connectivity index (χ1n) is 8.71. The molecule has 0 bridgehead atoms. The van der Waals surface area contributed by atoms with E-state index in [2.05, 4.69) is 5.32 Å². The van der Waals surface area contributed by atoms with Gasteiger partial charge in [-0.1, -0.05) is 18.2 Å². The van der Waals surface area contributed by atoms with Crippen molar-refractivity contribution in [1.29, 1.82) is 0 Å². The molecule has 0 unspecified atom stereocenters. The van der Waals surface area contributed by atoms with Gasteiger partial charge in [-0.05, 0) is 49.2 Å². The number of ether oxygens (including phenoxy) is 3. The largest absolute Gasteiger partial charge is 0.492 e. The number of nitrogens with one attached hydrogen (secondary N) is 1. The fourth-order valence-electron chi connectivity index (χ4n) is 3.26. The van der Waals surface area contributed by atoms with Crippen LogP contribution in [0.3, 0.4) is 0 Å². The fraction of sp³-hybridized carbons (Fsp3) is 0.300. The highest BCUT2D eigenvalue weighted by atomic mass is 16.7. The summed E-state index contributed by atoms with van der Waals surface area (Å²) in [5, 5.41) is 2.78. The van der Waals surface area contributed by atoms with Crippen molar-refractivity contribution in [3.8, 4) is 17.2 Å². The molecule has 0 aromatic heterocycles. The van der Waals surface area contributed by atoms with Crippen LogP contribution in [0.15, 0.2) is 42.5 Å². The summed E-state index contributed by atoms with van der Waals surface area (Å²) in [7, 11) is 0. The van der Waals surface area contributed by atoms with Gasteiger partial charge < -0.3 is 19.5 Å². The highest BCUT2D eigenvalue weighted by Gasteiger charge is 2.49. The number of hydrogen-bond acceptors (Lipinski definition) is 5. The van der Waals surface area contributed by atoms with Crippen molar-refractivity contribution >= 4 is 11.9 Å². The van der Waals surface area contributed by atoms with Gasteiger partial charge in [-0.15, -0.1) is 0 Å². The van der Waals surface area contributed by atoms with E-state index < -0.39 is 11.6 Å². The minimum absolute atomic E-state index is 0.151. The topological polar surface area (TPSA) is 77.1 Å². The summed E-state index contributed by atoms with van der Waals surface area (Å²) in [6, 6.07) is 12.4. The monoisotopic (exact) mass is 368 g/mol. The normalized spacial score (nSPS) is 20.7. The summed E-state index contributed by atoms with van der Waals surface area (Å²) in [6.07, 6.45) is 0. The van der Waals surface area contributed by atoms with Gasteiger partial charge in [0.2, 0.25) is 6.79 Å². The number of rotatable bonds is 5. The molecule has 0 radical (unpaired) electrons. The smallest absolute Gasteiger partial charge is 0.325 e. The maximum absolute atomic E-state index is 12.9. The zero-order valence-corrected chi connectivity index (χ0v) is 15.2. The predicted molar refractivity (Wildman–Crippen MR) is 96.8 cm³/mol. The molecule has 7 heteroatoms. The third-order valence-corrected chi connectivity index (χ3v) is 4.80. The number of nitrogens with zero attached hydrogens (tertiary/aromatic N) is 1. The van der Waals surface area contributed by atoms with Crippen LogP contribution in [0.1, 0.15) is 18.1 Å². The number of carbonyl (C=O) groups excluding carboxylic acids is 2. The van der Waals surface area contributed by atoms with E-state index in [1.807, 2.05) is 31.2 Å². The molecule has 2 heterocycles. The molecule has 2 aliphatic heterocycles. The molecule has 0 saturated carbocycles. The average Bonchev–Trinajstić information content (AvgIpc) is 3.20. The Morgan fingerprint density at radius 2 is 1.96 bits per heavy atom. The Kier molecular flexibility index (Phi) is 4.14. The zero-order valence-electron chi connectivity index (χ0n) is 15.2. The average molecular weight is 368 g/mol. The molecule has 1 saturated heterocycles. The van der Waals surface area contributed by atoms with Gasteiger partial charge in [0.05, 0.1) is 6.54 Å². The van der Waals surface area contributed by atoms with E-state index in [-0.39, 0.29) is 25.9 Å². The molecule has 1 fully saturated rings. The SMILES string of the molecule is Cc1cccc(OCCN2C(=O)N[C@@](C)(c3ccc4c(c3)OCO4)C2=O)c1. The van der Waals surface area contributed by atoms with Gasteiger partial charge in [0.25, 0.3) is 5.91 Å². The molecule has 0 spiro atoms. The zero-order chi connectivity index (χ0) is 19.0. The van der Waals surface area contributed by atoms with Crippen molar-refractivity contribution in [2.45, 2.75) is 19.4 Å². The molecule has 2 aromatic carbocycles. The van der Waals surface area contributed by atoms with Gasteiger partial charge in [0.15, 0.2) is 11.5 Å². The van der Waals surface area contributed by atoms with Crippen LogP contribution >= 0.6 is 0 Å². The minimum Gasteiger partial charge on any atom is -0.492 e. The van der Waals surface area contributed by atoms with Crippen LogP contribution < -0.4 is 19.5 Å². The molecule has 3 amide bonds. The predicted octanol–water partition coefficient (Wildman–Crippen LogP) is 2.57. The van der Waals surface area contributed by atoms with Crippen LogP contribution in [0.4, 0.5) is 4.79 Å². The molecule has 7 nitrogen and oxygen atoms in total. The quantitative estimate of drug-likeness (QED) is 0.821. The van der Waals surface area contributed by atoms with Gasteiger partial charge in [0.1, 0.15) is 17.9 Å². The molecule has 2 aliphatic rings. The van der Waals surface area contributed by atoms with E-state index >= 15 is 0 Å². The lowest BCUT2D eigenvalue weighted by Gasteiger charge is -2.22. The Morgan fingerprint density at radius 1 is 1.15 bits per heavy atom. The van der Waals surface area contributed by atoms with Gasteiger partial charge in [-0.25, -0.2) is 4.79 Å². The second-order valence-corrected chi connectivity index (χ2v) is 6.74. The van der Waals surface area contributed by atoms with Crippen molar-refractivity contribution in [3.63, 3.8) is 0 Å². The van der Waals surface area contributed by atoms with Crippen molar-refractivity contribution in [2.75, 3.05) is 19.9 Å². The lowest BCUT2D eigenvalue weighted by Crippen LogP contribution is -2.41. The van der Waals surface area contributed by atoms with E-state index in [4.69, 9.17) is 14.2 Å². The Morgan fingerprint density at radius 3 is 2.78 bits per heavy atom. The number of aryl methyl sites for hydroxylation is 1. The third kappa shape index (κ3) is 3.05. The fourth-order valence-corrected chi connectivity index (χ4v) is 3.26. The summed E-state index contributed by atoms with van der Waals surface area (Å²) >= 11 is 0. The van der Waals surface area contributed by atoms with Crippen LogP contribution in [-0.4, -0.2) is 36.8 Å². The maximum Gasteiger partial charge on any atom is 0.325 e. The molecule has 27 heavy (non-hydrogen) atoms. The number of imide groups is 1. The summed E-state index contributed by atoms with van der Waals surface area (Å²) < 4.78 is 16.3. The van der Waals surface area contributed by atoms with E-state index in [1.165, 1.54) is 4.90 Å². The summed E-state index contributed by atoms with van der Waals surface area (Å²) in [5.74, 6) is 1.58. The number of fused-ring (bicyclic) bond motifs is 1. The van der Waals surface area contributed by atoms with Crippen LogP contribution in [0.2, 0.25) is 0 Å². The highest BCUT2D eigenvalue weighted by molar-refractivity contribution is 6.07. The highest BCUT2D eigenvalue weighted by Crippen LogP contribution is 2.37. The van der Waals surface area contributed by atoms with Crippen LogP contribution in [0.25, 0.3) is 0 Å². The second kappa shape index (κ2) is 6.50. The standard InChI is InChI=1S/C20H20N2O5/c1-13-4-3-5-15(10-13)25-9-8-22-18(23)20(2,21-19(22)24)14-6-7-16-17(11-14)27-12-26-16/h3-7,10-11H,8-9,12H2,1-2H3,(H,21,24)/t20-/m0/s1. The summed E-state index contributed by atoms with van der Waals surface area (Å²) in [4.78, 5) is 26.5. The molecule has 1 N–H and O–H groups in total. The van der Waals surface area contributed by atoms with Gasteiger partial charge in [-0.3, -0.25) is 9.69 Å². The van der Waals surface area contributed by atoms with Crippen molar-refractivity contribution in [3.05, 3.63) is 53.6 Å². The Balaban J connectivity index is 1.46. The van der Waals surface area contributed by atoms with Crippen LogP contribution in [0, 0.1) is 6.92 Å². The molecule has 140 valence electrons. The second-order valence-electron chi connectivity index (χ2n) is 6.74. The first-order valence-corrected chi connectivity index (χ1v) is 8.71. The van der Waals surface area contributed by atoms with E-state index in [0.717, 1.165) is 5.56 Å². The molecular weight excluding hydrogens is 348 g/mol. The van der Waals surface area contributed by atoms with Crippen molar-refractivity contribution in [2.24, 2.45) is 0 Å². The minimum atomic E-state index is -1.15. The molecule has 2 aromatic rings. The number of carbonyl (C=O) groups is 2. The Bertz CT molecular complexity index is 913. The van der Waals surface area contributed by atoms with Gasteiger partial charge >= 0.3 is 6.03 Å². The Labute approximate surface area is 156 Å². The molecular formula is C20H20N2O5. The van der Waals surface area contributed by atoms with Gasteiger partial charge in [0, 0.05) is 0 Å². The van der Waals surface area contributed by atoms with E-state index in [0.29, 0.717) is 22.8 Å². The first kappa shape index (κ1) is 17.2. The van der Waals surface area contributed by atoms with E-state index in [1.54, 1.807) is 25.1 Å². The molecule has 1 atom stereocenters. The Hall–Kier alpha value is -3.22. The number of benzene rings is 2. The molecule has 0 aliphatic carbocycles. The number of urea groups is 1. The lowest BCUT2D eigenvalue weighted by molar-refractivity contribution is -0.131. The summed E-state index contributed by atoms with van der Waals surface area (Å²) in [5.41, 5.74) is 0.576. The first-order chi connectivity index (χ1) is 13.0. The molecule has 4 rings (SSSR count). The third-order valence-electron chi connectivity index (χ3n) is 4.80. The number of hydrogen-bond donors (Lipinski definition) is 1. The number of amides is 3. The van der Waals surface area contributed by atoms with Crippen molar-refractivity contribution < 1.29 is 23.8 Å². The maximum atomic E-state index is 12.9. The summed E-state index contributed by atoms with van der Waals surface area (Å²) in [6.45, 7) is 4.20.